The van der Waals surface area contributed by atoms with Crippen LogP contribution in [0.25, 0.3) is 0 Å². The molecule has 0 aliphatic rings. The van der Waals surface area contributed by atoms with E-state index in [4.69, 9.17) is 11.6 Å². The molecular formula is C14H24BrClN2. The Hall–Kier alpha value is -0.0200. The summed E-state index contributed by atoms with van der Waals surface area (Å²) in [6, 6.07) is 0. The van der Waals surface area contributed by atoms with Gasteiger partial charge < -0.3 is 0 Å². The molecule has 0 bridgehead atoms. The molecule has 1 rings (SSSR count). The van der Waals surface area contributed by atoms with Gasteiger partial charge in [0.25, 0.3) is 0 Å². The molecule has 104 valence electrons. The van der Waals surface area contributed by atoms with E-state index >= 15 is 0 Å². The van der Waals surface area contributed by atoms with Crippen molar-refractivity contribution in [2.75, 3.05) is 5.88 Å². The zero-order chi connectivity index (χ0) is 13.9. The largest absolute Gasteiger partial charge is 0.268 e. The summed E-state index contributed by atoms with van der Waals surface area (Å²) in [5.74, 6) is 1.15. The molecule has 0 spiro atoms. The van der Waals surface area contributed by atoms with Crippen molar-refractivity contribution in [3.05, 3.63) is 15.9 Å². The number of hydrogen-bond donors (Lipinski definition) is 0. The molecule has 4 heteroatoms. The van der Waals surface area contributed by atoms with Gasteiger partial charge in [-0.2, -0.15) is 5.10 Å². The van der Waals surface area contributed by atoms with Crippen LogP contribution in [0.4, 0.5) is 0 Å². The Bertz CT molecular complexity index is 393. The molecule has 0 aliphatic heterocycles. The van der Waals surface area contributed by atoms with E-state index in [1.807, 2.05) is 0 Å². The minimum Gasteiger partial charge on any atom is -0.268 e. The van der Waals surface area contributed by atoms with E-state index in [1.165, 1.54) is 10.2 Å². The van der Waals surface area contributed by atoms with Crippen LogP contribution < -0.4 is 0 Å². The highest BCUT2D eigenvalue weighted by Crippen LogP contribution is 2.33. The van der Waals surface area contributed by atoms with Crippen molar-refractivity contribution in [1.29, 1.82) is 0 Å². The van der Waals surface area contributed by atoms with Gasteiger partial charge >= 0.3 is 0 Å². The molecule has 18 heavy (non-hydrogen) atoms. The predicted octanol–water partition coefficient (Wildman–Crippen LogP) is 4.67. The molecule has 0 amide bonds. The predicted molar refractivity (Wildman–Crippen MR) is 82.3 cm³/mol. The van der Waals surface area contributed by atoms with E-state index in [1.54, 1.807) is 0 Å². The fraction of sp³-hybridized carbons (Fsp3) is 0.786. The van der Waals surface area contributed by atoms with Crippen LogP contribution in [0.5, 0.6) is 0 Å². The summed E-state index contributed by atoms with van der Waals surface area (Å²) < 4.78 is 3.28. The van der Waals surface area contributed by atoms with E-state index in [2.05, 4.69) is 60.3 Å². The lowest BCUT2D eigenvalue weighted by atomic mass is 9.79. The molecule has 1 aromatic rings. The van der Waals surface area contributed by atoms with E-state index < -0.39 is 0 Å². The van der Waals surface area contributed by atoms with Gasteiger partial charge in [0.05, 0.1) is 15.9 Å². The lowest BCUT2D eigenvalue weighted by molar-refractivity contribution is 0.259. The monoisotopic (exact) mass is 334 g/mol. The van der Waals surface area contributed by atoms with E-state index in [9.17, 15) is 0 Å². The molecule has 1 unspecified atom stereocenters. The van der Waals surface area contributed by atoms with Gasteiger partial charge in [-0.3, -0.25) is 4.68 Å². The average molecular weight is 336 g/mol. The van der Waals surface area contributed by atoms with Crippen LogP contribution in [0.3, 0.4) is 0 Å². The number of rotatable bonds is 5. The Morgan fingerprint density at radius 2 is 1.94 bits per heavy atom. The molecule has 0 fully saturated rings. The second kappa shape index (κ2) is 6.42. The Labute approximate surface area is 124 Å². The SMILES string of the molecule is CCc1nn(CC)c(CC(CCl)C(C)(C)C)c1Br. The summed E-state index contributed by atoms with van der Waals surface area (Å²) in [4.78, 5) is 0. The molecule has 1 aromatic heterocycles. The van der Waals surface area contributed by atoms with E-state index in [0.29, 0.717) is 11.8 Å². The Morgan fingerprint density at radius 1 is 1.33 bits per heavy atom. The van der Waals surface area contributed by atoms with Gasteiger partial charge in [0.1, 0.15) is 0 Å². The van der Waals surface area contributed by atoms with Crippen molar-refractivity contribution >= 4 is 27.5 Å². The number of hydrogen-bond acceptors (Lipinski definition) is 1. The highest BCUT2D eigenvalue weighted by atomic mass is 79.9. The van der Waals surface area contributed by atoms with Gasteiger partial charge in [0, 0.05) is 12.4 Å². The molecule has 0 saturated heterocycles. The van der Waals surface area contributed by atoms with Crippen LogP contribution in [0.2, 0.25) is 0 Å². The number of nitrogens with zero attached hydrogens (tertiary/aromatic N) is 2. The third kappa shape index (κ3) is 3.51. The molecule has 2 nitrogen and oxygen atoms in total. The van der Waals surface area contributed by atoms with Crippen molar-refractivity contribution in [3.8, 4) is 0 Å². The maximum atomic E-state index is 6.15. The number of aromatic nitrogens is 2. The fourth-order valence-electron chi connectivity index (χ4n) is 2.04. The first-order chi connectivity index (χ1) is 8.35. The second-order valence-corrected chi connectivity index (χ2v) is 6.90. The lowest BCUT2D eigenvalue weighted by Crippen LogP contribution is -2.25. The van der Waals surface area contributed by atoms with Gasteiger partial charge in [-0.05, 0) is 47.0 Å². The molecule has 0 saturated carbocycles. The minimum atomic E-state index is 0.219. The molecule has 0 aliphatic carbocycles. The Kier molecular flexibility index (Phi) is 5.72. The van der Waals surface area contributed by atoms with Crippen molar-refractivity contribution in [3.63, 3.8) is 0 Å². The molecule has 0 aromatic carbocycles. The summed E-state index contributed by atoms with van der Waals surface area (Å²) in [6.45, 7) is 11.9. The normalized spacial score (nSPS) is 13.9. The van der Waals surface area contributed by atoms with Crippen LogP contribution in [0, 0.1) is 11.3 Å². The third-order valence-electron chi connectivity index (χ3n) is 3.54. The van der Waals surface area contributed by atoms with E-state index in [0.717, 1.165) is 25.1 Å². The maximum Gasteiger partial charge on any atom is 0.0766 e. The smallest absolute Gasteiger partial charge is 0.0766 e. The third-order valence-corrected chi connectivity index (χ3v) is 4.83. The quantitative estimate of drug-likeness (QED) is 0.715. The molecular weight excluding hydrogens is 312 g/mol. The van der Waals surface area contributed by atoms with Crippen LogP contribution in [-0.4, -0.2) is 15.7 Å². The highest BCUT2D eigenvalue weighted by molar-refractivity contribution is 9.10. The number of aryl methyl sites for hydroxylation is 2. The summed E-state index contributed by atoms with van der Waals surface area (Å²) in [6.07, 6.45) is 1.94. The number of alkyl halides is 1. The zero-order valence-electron chi connectivity index (χ0n) is 12.1. The lowest BCUT2D eigenvalue weighted by Gasteiger charge is -2.29. The van der Waals surface area contributed by atoms with Crippen molar-refractivity contribution < 1.29 is 0 Å². The van der Waals surface area contributed by atoms with E-state index in [-0.39, 0.29) is 5.41 Å². The summed E-state index contributed by atoms with van der Waals surface area (Å²) in [7, 11) is 0. The van der Waals surface area contributed by atoms with Gasteiger partial charge in [-0.15, -0.1) is 11.6 Å². The zero-order valence-corrected chi connectivity index (χ0v) is 14.4. The average Bonchev–Trinajstić information content (AvgIpc) is 2.60. The summed E-state index contributed by atoms with van der Waals surface area (Å²) in [5.41, 5.74) is 2.65. The fourth-order valence-corrected chi connectivity index (χ4v) is 3.34. The molecule has 1 heterocycles. The van der Waals surface area contributed by atoms with Crippen LogP contribution in [-0.2, 0) is 19.4 Å². The first-order valence-electron chi connectivity index (χ1n) is 6.65. The summed E-state index contributed by atoms with van der Waals surface area (Å²) in [5, 5.41) is 4.64. The number of halogens is 2. The van der Waals surface area contributed by atoms with Gasteiger partial charge in [0.2, 0.25) is 0 Å². The minimum absolute atomic E-state index is 0.219. The molecule has 0 N–H and O–H groups in total. The first kappa shape index (κ1) is 16.0. The van der Waals surface area contributed by atoms with Gasteiger partial charge in [0.15, 0.2) is 0 Å². The van der Waals surface area contributed by atoms with Crippen molar-refractivity contribution in [1.82, 2.24) is 9.78 Å². The van der Waals surface area contributed by atoms with Gasteiger partial charge in [-0.25, -0.2) is 0 Å². The van der Waals surface area contributed by atoms with Crippen molar-refractivity contribution in [2.24, 2.45) is 11.3 Å². The topological polar surface area (TPSA) is 17.8 Å². The maximum absolute atomic E-state index is 6.15. The van der Waals surface area contributed by atoms with Crippen LogP contribution in [0.15, 0.2) is 4.47 Å². The highest BCUT2D eigenvalue weighted by Gasteiger charge is 2.27. The summed E-state index contributed by atoms with van der Waals surface area (Å²) >= 11 is 9.85. The van der Waals surface area contributed by atoms with Crippen LogP contribution in [0.1, 0.15) is 46.0 Å². The molecule has 0 radical (unpaired) electrons. The first-order valence-corrected chi connectivity index (χ1v) is 7.97. The van der Waals surface area contributed by atoms with Crippen molar-refractivity contribution in [2.45, 2.75) is 54.0 Å². The van der Waals surface area contributed by atoms with Gasteiger partial charge in [-0.1, -0.05) is 27.7 Å². The Morgan fingerprint density at radius 3 is 2.33 bits per heavy atom. The standard InChI is InChI=1S/C14H24BrClN2/c1-6-11-13(15)12(18(7-2)17-11)8-10(9-16)14(3,4)5/h10H,6-9H2,1-5H3. The molecule has 1 atom stereocenters. The Balaban J connectivity index is 3.05. The van der Waals surface area contributed by atoms with Crippen LogP contribution >= 0.6 is 27.5 Å². The second-order valence-electron chi connectivity index (χ2n) is 5.80.